The summed E-state index contributed by atoms with van der Waals surface area (Å²) in [7, 11) is 0. The van der Waals surface area contributed by atoms with Gasteiger partial charge < -0.3 is 0 Å². The van der Waals surface area contributed by atoms with Crippen molar-refractivity contribution in [1.82, 2.24) is 0 Å². The zero-order chi connectivity index (χ0) is 102. The van der Waals surface area contributed by atoms with E-state index in [1.54, 1.807) is 0 Å². The Hall–Kier alpha value is -18.7. The van der Waals surface area contributed by atoms with Crippen molar-refractivity contribution < 1.29 is 0 Å². The quantitative estimate of drug-likeness (QED) is 0.0803. The van der Waals surface area contributed by atoms with Gasteiger partial charge in [0, 0.05) is 0 Å². The van der Waals surface area contributed by atoms with Gasteiger partial charge in [-0.3, -0.25) is 0 Å². The predicted molar refractivity (Wildman–Crippen MR) is 645 cm³/mol. The Bertz CT molecular complexity index is 8370. The highest BCUT2D eigenvalue weighted by Crippen LogP contribution is 2.45. The van der Waals surface area contributed by atoms with Gasteiger partial charge in [0.1, 0.15) is 0 Å². The monoisotopic (exact) mass is 1920 g/mol. The van der Waals surface area contributed by atoms with E-state index < -0.39 is 0 Å². The fraction of sp³-hybridized carbons (Fsp3) is 0.0400. The van der Waals surface area contributed by atoms with E-state index in [0.29, 0.717) is 0 Å². The first kappa shape index (κ1) is 100.0. The summed E-state index contributed by atoms with van der Waals surface area (Å²) in [5.41, 5.74) is 53.4. The highest BCUT2D eigenvalue weighted by molar-refractivity contribution is 5.94. The highest BCUT2D eigenvalue weighted by atomic mass is 14.2. The Morgan fingerprint density at radius 1 is 0.0800 bits per heavy atom. The van der Waals surface area contributed by atoms with E-state index in [1.807, 2.05) is 0 Å². The zero-order valence-electron chi connectivity index (χ0n) is 85.9. The Morgan fingerprint density at radius 3 is 0.693 bits per heavy atom. The SMILES string of the molecule is Cc1c(-c2ccccc2)cc(-c2ccccc2)cc1-c1ccccc1.Cc1c(-c2ccccc2)ccc(-c2ccccc2)c1-c1ccccc1.Cc1cccc(-c2ccccc2)c1-c1cccc(-c2ccccc2)c1.Cc1ccccc1-c1cc(-c2ccccc2)cc(-c2ccccc2)c1.Cc1ccccc1-c1ccc(-c2ccccc2)c(-c2ccccc2)c1.Cc1ccccc1-c1ccccc1-c1cccc(-c2ccccc2)c1. The average Bonchev–Trinajstić information content (AvgIpc) is 0.773. The largest absolute Gasteiger partial charge is 0.0622 e. The minimum Gasteiger partial charge on any atom is -0.0622 e. The first-order valence-electron chi connectivity index (χ1n) is 51.8. The molecule has 720 valence electrons. The van der Waals surface area contributed by atoms with Crippen LogP contribution in [0.3, 0.4) is 0 Å². The van der Waals surface area contributed by atoms with Gasteiger partial charge in [-0.25, -0.2) is 0 Å². The van der Waals surface area contributed by atoms with Gasteiger partial charge in [0.05, 0.1) is 0 Å². The molecule has 0 atom stereocenters. The minimum absolute atomic E-state index is 1.25. The molecule has 150 heavy (non-hydrogen) atoms. The molecule has 0 nitrogen and oxygen atoms in total. The number of hydrogen-bond acceptors (Lipinski definition) is 0. The number of hydrogen-bond donors (Lipinski definition) is 0. The molecule has 0 aromatic heterocycles. The van der Waals surface area contributed by atoms with Gasteiger partial charge in [0.25, 0.3) is 0 Å². The Balaban J connectivity index is 0.000000113. The molecule has 0 amide bonds. The summed E-state index contributed by atoms with van der Waals surface area (Å²) in [4.78, 5) is 0. The van der Waals surface area contributed by atoms with Gasteiger partial charge in [0.2, 0.25) is 0 Å². The van der Waals surface area contributed by atoms with E-state index in [-0.39, 0.29) is 0 Å². The molecular weight excluding hydrogens is 1800 g/mol. The van der Waals surface area contributed by atoms with Crippen molar-refractivity contribution in [3.8, 4) is 200 Å². The first-order chi connectivity index (χ1) is 74.0. The summed E-state index contributed by atoms with van der Waals surface area (Å²) in [6.45, 7) is 13.2. The summed E-state index contributed by atoms with van der Waals surface area (Å²) < 4.78 is 0. The van der Waals surface area contributed by atoms with Crippen molar-refractivity contribution in [3.05, 3.63) is 652 Å². The van der Waals surface area contributed by atoms with Crippen LogP contribution < -0.4 is 0 Å². The van der Waals surface area contributed by atoms with Gasteiger partial charge in [-0.1, -0.05) is 570 Å². The molecule has 0 saturated carbocycles. The smallest absolute Gasteiger partial charge is 0.00699 e. The molecule has 24 aromatic rings. The van der Waals surface area contributed by atoms with Crippen LogP contribution in [0, 0.1) is 41.5 Å². The van der Waals surface area contributed by atoms with Crippen LogP contribution >= 0.6 is 0 Å². The topological polar surface area (TPSA) is 0 Å². The molecule has 0 N–H and O–H groups in total. The molecule has 0 aliphatic carbocycles. The fourth-order valence-corrected chi connectivity index (χ4v) is 20.2. The fourth-order valence-electron chi connectivity index (χ4n) is 20.2. The van der Waals surface area contributed by atoms with Crippen LogP contribution in [0.1, 0.15) is 33.4 Å². The lowest BCUT2D eigenvalue weighted by Gasteiger charge is -2.17. The molecular formula is C150H120. The van der Waals surface area contributed by atoms with Crippen molar-refractivity contribution in [2.75, 3.05) is 0 Å². The van der Waals surface area contributed by atoms with Crippen LogP contribution in [0.2, 0.25) is 0 Å². The molecule has 0 unspecified atom stereocenters. The van der Waals surface area contributed by atoms with Crippen molar-refractivity contribution in [2.45, 2.75) is 41.5 Å². The van der Waals surface area contributed by atoms with E-state index in [9.17, 15) is 0 Å². The summed E-state index contributed by atoms with van der Waals surface area (Å²) in [6.07, 6.45) is 0. The zero-order valence-corrected chi connectivity index (χ0v) is 85.9. The molecule has 0 bridgehead atoms. The molecule has 0 spiro atoms. The van der Waals surface area contributed by atoms with Crippen LogP contribution in [0.25, 0.3) is 200 Å². The molecule has 24 aromatic carbocycles. The summed E-state index contributed by atoms with van der Waals surface area (Å²) in [5, 5.41) is 0. The third-order valence-electron chi connectivity index (χ3n) is 27.9. The molecule has 0 aliphatic heterocycles. The molecule has 0 heterocycles. The Kier molecular flexibility index (Phi) is 33.1. The second kappa shape index (κ2) is 49.7. The third kappa shape index (κ3) is 24.7. The lowest BCUT2D eigenvalue weighted by Crippen LogP contribution is -1.93. The predicted octanol–water partition coefficient (Wildman–Crippen LogP) is 42.0. The molecule has 0 radical (unpaired) electrons. The average molecular weight is 1920 g/mol. The lowest BCUT2D eigenvalue weighted by molar-refractivity contribution is 1.44. The number of rotatable bonds is 18. The van der Waals surface area contributed by atoms with Crippen molar-refractivity contribution in [2.24, 2.45) is 0 Å². The van der Waals surface area contributed by atoms with Gasteiger partial charge >= 0.3 is 0 Å². The van der Waals surface area contributed by atoms with Gasteiger partial charge in [-0.2, -0.15) is 0 Å². The maximum absolute atomic E-state index is 2.32. The molecule has 24 rings (SSSR count). The number of benzene rings is 24. The van der Waals surface area contributed by atoms with Crippen LogP contribution in [0.4, 0.5) is 0 Å². The maximum Gasteiger partial charge on any atom is -0.00699 e. The van der Waals surface area contributed by atoms with E-state index in [1.165, 1.54) is 234 Å². The number of aryl methyl sites for hydroxylation is 4. The highest BCUT2D eigenvalue weighted by Gasteiger charge is 2.20. The summed E-state index contributed by atoms with van der Waals surface area (Å²) in [6, 6.07) is 219. The molecule has 0 fully saturated rings. The maximum atomic E-state index is 2.32. The first-order valence-corrected chi connectivity index (χ1v) is 51.8. The lowest BCUT2D eigenvalue weighted by atomic mass is 9.86. The van der Waals surface area contributed by atoms with E-state index in [4.69, 9.17) is 0 Å². The van der Waals surface area contributed by atoms with E-state index in [0.717, 1.165) is 0 Å². The van der Waals surface area contributed by atoms with Crippen molar-refractivity contribution >= 4 is 0 Å². The van der Waals surface area contributed by atoms with Crippen LogP contribution in [0.5, 0.6) is 0 Å². The second-order valence-corrected chi connectivity index (χ2v) is 37.8. The second-order valence-electron chi connectivity index (χ2n) is 37.8. The van der Waals surface area contributed by atoms with Crippen molar-refractivity contribution in [1.29, 1.82) is 0 Å². The van der Waals surface area contributed by atoms with E-state index >= 15 is 0 Å². The normalized spacial score (nSPS) is 10.6. The summed E-state index contributed by atoms with van der Waals surface area (Å²) >= 11 is 0. The van der Waals surface area contributed by atoms with Crippen molar-refractivity contribution in [3.63, 3.8) is 0 Å². The van der Waals surface area contributed by atoms with Crippen LogP contribution in [-0.2, 0) is 0 Å². The van der Waals surface area contributed by atoms with E-state index in [2.05, 4.69) is 660 Å². The Labute approximate surface area is 887 Å². The van der Waals surface area contributed by atoms with Crippen LogP contribution in [0.15, 0.2) is 619 Å². The van der Waals surface area contributed by atoms with Crippen LogP contribution in [-0.4, -0.2) is 0 Å². The molecule has 0 aliphatic rings. The third-order valence-corrected chi connectivity index (χ3v) is 27.9. The van der Waals surface area contributed by atoms with Gasteiger partial charge in [-0.15, -0.1) is 0 Å². The molecule has 0 saturated heterocycles. The van der Waals surface area contributed by atoms with Gasteiger partial charge in [0.15, 0.2) is 0 Å². The Morgan fingerprint density at radius 2 is 0.293 bits per heavy atom. The summed E-state index contributed by atoms with van der Waals surface area (Å²) in [5.74, 6) is 0. The minimum atomic E-state index is 1.25. The van der Waals surface area contributed by atoms with Gasteiger partial charge in [-0.05, 0) is 324 Å². The standard InChI is InChI=1S/6C25H20/c1-19-24(21-13-7-3-8-14-21)17-23(20-11-5-2-6-12-20)18-25(19)22-15-9-4-10-16-22;1-19-23(20-11-5-2-6-12-20)17-18-24(21-13-7-3-8-14-21)25(19)22-15-9-4-10-16-22;1-19-10-8-17-24(21-13-6-3-7-14-21)25(19)23-16-9-15-22(18-23)20-11-4-2-5-12-20;1-19-10-8-9-15-25(19)24-17-22(20-11-4-2-5-12-20)16-23(18-24)21-13-6-3-7-14-21;1-19-10-8-9-15-23(19)22-16-17-24(20-11-4-2-5-12-20)25(18-22)21-13-6-3-7-14-21;1-19-10-5-6-15-23(19)25-17-8-7-16-24(25)22-14-9-13-21(18-22)20-11-3-2-4-12-20/h6*2-18H,1H3. The molecule has 0 heteroatoms.